The van der Waals surface area contributed by atoms with Crippen LogP contribution in [-0.4, -0.2) is 5.91 Å². The van der Waals surface area contributed by atoms with Gasteiger partial charge in [-0.25, -0.2) is 0 Å². The van der Waals surface area contributed by atoms with Crippen LogP contribution < -0.4 is 5.32 Å². The first-order valence-electron chi connectivity index (χ1n) is 5.76. The van der Waals surface area contributed by atoms with Crippen LogP contribution in [0.4, 0.5) is 0 Å². The van der Waals surface area contributed by atoms with E-state index in [4.69, 9.17) is 0 Å². The molecule has 0 bridgehead atoms. The zero-order valence-electron chi connectivity index (χ0n) is 9.41. The predicted octanol–water partition coefficient (Wildman–Crippen LogP) is 2.44. The van der Waals surface area contributed by atoms with Gasteiger partial charge in [0.15, 0.2) is 0 Å². The first-order valence-corrected chi connectivity index (χ1v) is 5.76. The van der Waals surface area contributed by atoms with E-state index in [-0.39, 0.29) is 5.91 Å². The van der Waals surface area contributed by atoms with E-state index in [1.165, 1.54) is 30.9 Å². The molecule has 1 aromatic carbocycles. The maximum absolute atomic E-state index is 11.0. The van der Waals surface area contributed by atoms with Crippen LogP contribution in [0.25, 0.3) is 0 Å². The number of rotatable bonds is 5. The summed E-state index contributed by atoms with van der Waals surface area (Å²) >= 11 is 0. The molecule has 1 aliphatic carbocycles. The van der Waals surface area contributed by atoms with Gasteiger partial charge in [-0.1, -0.05) is 30.8 Å². The Morgan fingerprint density at radius 1 is 1.31 bits per heavy atom. The predicted molar refractivity (Wildman–Crippen MR) is 64.9 cm³/mol. The highest BCUT2D eigenvalue weighted by Gasteiger charge is 2.21. The Kier molecular flexibility index (Phi) is 3.40. The zero-order chi connectivity index (χ0) is 11.4. The van der Waals surface area contributed by atoms with Gasteiger partial charge in [0, 0.05) is 6.54 Å². The number of hydrogen-bond acceptors (Lipinski definition) is 1. The molecule has 0 atom stereocenters. The molecular formula is C14H17NO. The van der Waals surface area contributed by atoms with Crippen molar-refractivity contribution < 1.29 is 4.79 Å². The third kappa shape index (κ3) is 3.23. The minimum Gasteiger partial charge on any atom is -0.348 e. The van der Waals surface area contributed by atoms with Crippen LogP contribution in [0.1, 0.15) is 24.0 Å². The topological polar surface area (TPSA) is 29.1 Å². The van der Waals surface area contributed by atoms with Crippen LogP contribution in [0.5, 0.6) is 0 Å². The SMILES string of the molecule is C=CC(=O)NCc1ccc(CC2CC2)cc1. The Balaban J connectivity index is 1.85. The van der Waals surface area contributed by atoms with Crippen molar-refractivity contribution in [2.75, 3.05) is 0 Å². The Morgan fingerprint density at radius 2 is 1.94 bits per heavy atom. The maximum atomic E-state index is 11.0. The summed E-state index contributed by atoms with van der Waals surface area (Å²) in [7, 11) is 0. The lowest BCUT2D eigenvalue weighted by Gasteiger charge is -2.04. The summed E-state index contributed by atoms with van der Waals surface area (Å²) in [6, 6.07) is 8.49. The maximum Gasteiger partial charge on any atom is 0.243 e. The summed E-state index contributed by atoms with van der Waals surface area (Å²) in [6.45, 7) is 3.99. The molecule has 1 amide bonds. The summed E-state index contributed by atoms with van der Waals surface area (Å²) in [5.41, 5.74) is 2.54. The highest BCUT2D eigenvalue weighted by molar-refractivity contribution is 5.86. The average molecular weight is 215 g/mol. The lowest BCUT2D eigenvalue weighted by Crippen LogP contribution is -2.19. The quantitative estimate of drug-likeness (QED) is 0.751. The van der Waals surface area contributed by atoms with Gasteiger partial charge in [0.25, 0.3) is 0 Å². The van der Waals surface area contributed by atoms with E-state index in [0.29, 0.717) is 6.54 Å². The summed E-state index contributed by atoms with van der Waals surface area (Å²) in [6.07, 6.45) is 5.27. The number of benzene rings is 1. The molecular weight excluding hydrogens is 198 g/mol. The van der Waals surface area contributed by atoms with E-state index < -0.39 is 0 Å². The first kappa shape index (κ1) is 10.9. The molecule has 2 rings (SSSR count). The molecule has 0 radical (unpaired) electrons. The molecule has 1 fully saturated rings. The van der Waals surface area contributed by atoms with Gasteiger partial charge in [-0.3, -0.25) is 4.79 Å². The van der Waals surface area contributed by atoms with Crippen molar-refractivity contribution in [3.63, 3.8) is 0 Å². The second-order valence-electron chi connectivity index (χ2n) is 4.39. The van der Waals surface area contributed by atoms with Crippen molar-refractivity contribution in [1.29, 1.82) is 0 Å². The van der Waals surface area contributed by atoms with Crippen LogP contribution in [-0.2, 0) is 17.8 Å². The van der Waals surface area contributed by atoms with Gasteiger partial charge in [-0.05, 0) is 42.4 Å². The first-order chi connectivity index (χ1) is 7.78. The van der Waals surface area contributed by atoms with Gasteiger partial charge in [0.1, 0.15) is 0 Å². The molecule has 0 unspecified atom stereocenters. The van der Waals surface area contributed by atoms with Crippen LogP contribution in [0.2, 0.25) is 0 Å². The van der Waals surface area contributed by atoms with Crippen molar-refractivity contribution in [3.05, 3.63) is 48.0 Å². The summed E-state index contributed by atoms with van der Waals surface area (Å²) in [5, 5.41) is 2.76. The van der Waals surface area contributed by atoms with E-state index >= 15 is 0 Å². The molecule has 0 saturated heterocycles. The van der Waals surface area contributed by atoms with Gasteiger partial charge < -0.3 is 5.32 Å². The van der Waals surface area contributed by atoms with Crippen molar-refractivity contribution in [1.82, 2.24) is 5.32 Å². The number of carbonyl (C=O) groups excluding carboxylic acids is 1. The fourth-order valence-electron chi connectivity index (χ4n) is 1.71. The molecule has 0 heterocycles. The number of amides is 1. The van der Waals surface area contributed by atoms with Gasteiger partial charge >= 0.3 is 0 Å². The Bertz CT molecular complexity index is 376. The summed E-state index contributed by atoms with van der Waals surface area (Å²) in [4.78, 5) is 11.0. The van der Waals surface area contributed by atoms with E-state index in [1.54, 1.807) is 0 Å². The highest BCUT2D eigenvalue weighted by atomic mass is 16.1. The molecule has 1 aliphatic rings. The molecule has 16 heavy (non-hydrogen) atoms. The third-order valence-corrected chi connectivity index (χ3v) is 2.90. The van der Waals surface area contributed by atoms with E-state index in [1.807, 2.05) is 0 Å². The molecule has 1 aromatic rings. The Labute approximate surface area is 96.4 Å². The highest BCUT2D eigenvalue weighted by Crippen LogP contribution is 2.32. The Morgan fingerprint density at radius 3 is 2.50 bits per heavy atom. The number of carbonyl (C=O) groups is 1. The van der Waals surface area contributed by atoms with E-state index in [0.717, 1.165) is 11.5 Å². The molecule has 2 nitrogen and oxygen atoms in total. The molecule has 1 N–H and O–H groups in total. The molecule has 84 valence electrons. The zero-order valence-corrected chi connectivity index (χ0v) is 9.41. The second kappa shape index (κ2) is 4.97. The molecule has 0 spiro atoms. The average Bonchev–Trinajstić information content (AvgIpc) is 3.11. The summed E-state index contributed by atoms with van der Waals surface area (Å²) in [5.74, 6) is 0.799. The normalized spacial score (nSPS) is 14.5. The van der Waals surface area contributed by atoms with Gasteiger partial charge in [-0.2, -0.15) is 0 Å². The largest absolute Gasteiger partial charge is 0.348 e. The minimum atomic E-state index is -0.123. The van der Waals surface area contributed by atoms with Crippen molar-refractivity contribution in [2.24, 2.45) is 5.92 Å². The van der Waals surface area contributed by atoms with Crippen LogP contribution in [0, 0.1) is 5.92 Å². The fraction of sp³-hybridized carbons (Fsp3) is 0.357. The van der Waals surface area contributed by atoms with E-state index in [9.17, 15) is 4.79 Å². The van der Waals surface area contributed by atoms with Crippen molar-refractivity contribution in [2.45, 2.75) is 25.8 Å². The fourth-order valence-corrected chi connectivity index (χ4v) is 1.71. The van der Waals surface area contributed by atoms with Crippen molar-refractivity contribution in [3.8, 4) is 0 Å². The van der Waals surface area contributed by atoms with Crippen LogP contribution in [0.15, 0.2) is 36.9 Å². The second-order valence-corrected chi connectivity index (χ2v) is 4.39. The van der Waals surface area contributed by atoms with Crippen LogP contribution >= 0.6 is 0 Å². The van der Waals surface area contributed by atoms with E-state index in [2.05, 4.69) is 36.2 Å². The monoisotopic (exact) mass is 215 g/mol. The lowest BCUT2D eigenvalue weighted by atomic mass is 10.1. The minimum absolute atomic E-state index is 0.123. The molecule has 2 heteroatoms. The number of hydrogen-bond donors (Lipinski definition) is 1. The van der Waals surface area contributed by atoms with Gasteiger partial charge in [0.05, 0.1) is 0 Å². The van der Waals surface area contributed by atoms with Crippen molar-refractivity contribution >= 4 is 5.91 Å². The third-order valence-electron chi connectivity index (χ3n) is 2.90. The summed E-state index contributed by atoms with van der Waals surface area (Å²) < 4.78 is 0. The lowest BCUT2D eigenvalue weighted by molar-refractivity contribution is -0.116. The Hall–Kier alpha value is -1.57. The number of nitrogens with one attached hydrogen (secondary N) is 1. The van der Waals surface area contributed by atoms with Gasteiger partial charge in [0.2, 0.25) is 5.91 Å². The van der Waals surface area contributed by atoms with Gasteiger partial charge in [-0.15, -0.1) is 0 Å². The standard InChI is InChI=1S/C14H17NO/c1-2-14(16)15-10-13-7-5-12(6-8-13)9-11-3-4-11/h2,5-8,11H,1,3-4,9-10H2,(H,15,16). The molecule has 1 saturated carbocycles. The molecule has 0 aromatic heterocycles. The smallest absolute Gasteiger partial charge is 0.243 e. The molecule has 0 aliphatic heterocycles. The van der Waals surface area contributed by atoms with Crippen LogP contribution in [0.3, 0.4) is 0 Å².